The molecule has 0 aromatic heterocycles. The van der Waals surface area contributed by atoms with Crippen LogP contribution in [-0.4, -0.2) is 52.9 Å². The SMILES string of the molecule is O=C(CN1C(=O)N(Cc2ccc(Cl)cc2)C(=O)C2NCCCC21)OCc1ccccc1. The molecule has 0 radical (unpaired) electrons. The zero-order valence-corrected chi connectivity index (χ0v) is 17.8. The first-order chi connectivity index (χ1) is 15.0. The maximum absolute atomic E-state index is 13.2. The van der Waals surface area contributed by atoms with Crippen molar-refractivity contribution in [2.75, 3.05) is 13.1 Å². The molecule has 2 aliphatic heterocycles. The summed E-state index contributed by atoms with van der Waals surface area (Å²) in [5.74, 6) is -0.763. The molecule has 8 heteroatoms. The van der Waals surface area contributed by atoms with Crippen molar-refractivity contribution in [3.8, 4) is 0 Å². The lowest BCUT2D eigenvalue weighted by Crippen LogP contribution is -2.69. The Morgan fingerprint density at radius 2 is 1.81 bits per heavy atom. The van der Waals surface area contributed by atoms with Crippen molar-refractivity contribution in [2.24, 2.45) is 0 Å². The number of urea groups is 1. The molecule has 0 aliphatic carbocycles. The van der Waals surface area contributed by atoms with E-state index in [1.807, 2.05) is 30.3 Å². The van der Waals surface area contributed by atoms with Crippen LogP contribution >= 0.6 is 11.6 Å². The van der Waals surface area contributed by atoms with Crippen LogP contribution in [0.15, 0.2) is 54.6 Å². The normalized spacial score (nSPS) is 21.1. The number of carbonyl (C=O) groups excluding carboxylic acids is 3. The molecule has 7 nitrogen and oxygen atoms in total. The fraction of sp³-hybridized carbons (Fsp3) is 0.348. The number of hydrogen-bond donors (Lipinski definition) is 1. The predicted molar refractivity (Wildman–Crippen MR) is 115 cm³/mol. The Balaban J connectivity index is 1.48. The summed E-state index contributed by atoms with van der Waals surface area (Å²) >= 11 is 5.94. The number of rotatable bonds is 6. The van der Waals surface area contributed by atoms with Gasteiger partial charge in [-0.05, 0) is 42.6 Å². The highest BCUT2D eigenvalue weighted by molar-refractivity contribution is 6.30. The number of nitrogens with one attached hydrogen (secondary N) is 1. The van der Waals surface area contributed by atoms with Gasteiger partial charge in [-0.1, -0.05) is 54.1 Å². The highest BCUT2D eigenvalue weighted by atomic mass is 35.5. The maximum atomic E-state index is 13.2. The maximum Gasteiger partial charge on any atom is 0.327 e. The molecule has 0 bridgehead atoms. The van der Waals surface area contributed by atoms with Crippen molar-refractivity contribution < 1.29 is 19.1 Å². The van der Waals surface area contributed by atoms with Crippen LogP contribution in [0, 0.1) is 0 Å². The van der Waals surface area contributed by atoms with E-state index in [0.717, 1.165) is 17.5 Å². The minimum absolute atomic E-state index is 0.120. The molecule has 31 heavy (non-hydrogen) atoms. The van der Waals surface area contributed by atoms with E-state index >= 15 is 0 Å². The summed E-state index contributed by atoms with van der Waals surface area (Å²) in [5.41, 5.74) is 1.66. The zero-order valence-electron chi connectivity index (χ0n) is 17.0. The number of nitrogens with zero attached hydrogens (tertiary/aromatic N) is 2. The van der Waals surface area contributed by atoms with Crippen molar-refractivity contribution in [2.45, 2.75) is 38.1 Å². The Morgan fingerprint density at radius 1 is 1.06 bits per heavy atom. The standard InChI is InChI=1S/C23H24ClN3O4/c24-18-10-8-16(9-11-18)13-27-22(29)21-19(7-4-12-25-21)26(23(27)30)14-20(28)31-15-17-5-2-1-3-6-17/h1-3,5-6,8-11,19,21,25H,4,7,12-15H2. The molecule has 0 saturated carbocycles. The van der Waals surface area contributed by atoms with Crippen molar-refractivity contribution in [1.29, 1.82) is 0 Å². The molecule has 2 heterocycles. The van der Waals surface area contributed by atoms with Crippen LogP contribution in [0.25, 0.3) is 0 Å². The van der Waals surface area contributed by atoms with Gasteiger partial charge < -0.3 is 15.0 Å². The smallest absolute Gasteiger partial charge is 0.327 e. The average Bonchev–Trinajstić information content (AvgIpc) is 2.80. The summed E-state index contributed by atoms with van der Waals surface area (Å²) < 4.78 is 5.38. The highest BCUT2D eigenvalue weighted by Crippen LogP contribution is 2.26. The lowest BCUT2D eigenvalue weighted by Gasteiger charge is -2.46. The van der Waals surface area contributed by atoms with E-state index < -0.39 is 18.0 Å². The topological polar surface area (TPSA) is 79.0 Å². The van der Waals surface area contributed by atoms with Gasteiger partial charge in [-0.15, -0.1) is 0 Å². The van der Waals surface area contributed by atoms with E-state index in [1.165, 1.54) is 9.80 Å². The third kappa shape index (κ3) is 4.89. The van der Waals surface area contributed by atoms with Crippen LogP contribution in [0.2, 0.25) is 5.02 Å². The Labute approximate surface area is 185 Å². The lowest BCUT2D eigenvalue weighted by atomic mass is 9.93. The Kier molecular flexibility index (Phi) is 6.53. The Bertz CT molecular complexity index is 951. The molecule has 162 valence electrons. The number of ether oxygens (including phenoxy) is 1. The molecular formula is C23H24ClN3O4. The van der Waals surface area contributed by atoms with Crippen molar-refractivity contribution in [3.63, 3.8) is 0 Å². The highest BCUT2D eigenvalue weighted by Gasteiger charge is 2.47. The van der Waals surface area contributed by atoms with Gasteiger partial charge in [0.05, 0.1) is 12.6 Å². The molecule has 2 aliphatic rings. The number of carbonyl (C=O) groups is 3. The third-order valence-electron chi connectivity index (χ3n) is 5.63. The van der Waals surface area contributed by atoms with Crippen LogP contribution in [0.1, 0.15) is 24.0 Å². The number of amides is 3. The van der Waals surface area contributed by atoms with Crippen molar-refractivity contribution in [1.82, 2.24) is 15.1 Å². The van der Waals surface area contributed by atoms with Gasteiger partial charge in [-0.2, -0.15) is 0 Å². The lowest BCUT2D eigenvalue weighted by molar-refractivity contribution is -0.149. The number of halogens is 1. The molecule has 1 N–H and O–H groups in total. The minimum atomic E-state index is -0.527. The van der Waals surface area contributed by atoms with Crippen LogP contribution in [0.5, 0.6) is 0 Å². The quantitative estimate of drug-likeness (QED) is 0.697. The average molecular weight is 442 g/mol. The summed E-state index contributed by atoms with van der Waals surface area (Å²) in [5, 5.41) is 3.80. The first kappa shape index (κ1) is 21.3. The van der Waals surface area contributed by atoms with E-state index in [0.29, 0.717) is 18.0 Å². The van der Waals surface area contributed by atoms with Crippen molar-refractivity contribution >= 4 is 29.5 Å². The number of benzene rings is 2. The number of fused-ring (bicyclic) bond motifs is 1. The predicted octanol–water partition coefficient (Wildman–Crippen LogP) is 2.97. The molecule has 2 unspecified atom stereocenters. The first-order valence-corrected chi connectivity index (χ1v) is 10.7. The van der Waals surface area contributed by atoms with Gasteiger partial charge in [-0.25, -0.2) is 4.79 Å². The number of esters is 1. The molecule has 2 aromatic carbocycles. The minimum Gasteiger partial charge on any atom is -0.459 e. The van der Waals surface area contributed by atoms with E-state index in [2.05, 4.69) is 5.32 Å². The molecule has 2 aromatic rings. The molecule has 4 rings (SSSR count). The summed E-state index contributed by atoms with van der Waals surface area (Å²) in [6, 6.07) is 15.0. The second-order valence-electron chi connectivity index (χ2n) is 7.75. The summed E-state index contributed by atoms with van der Waals surface area (Å²) in [6.07, 6.45) is 1.49. The van der Waals surface area contributed by atoms with E-state index in [9.17, 15) is 14.4 Å². The van der Waals surface area contributed by atoms with Crippen LogP contribution in [-0.2, 0) is 27.5 Å². The molecule has 2 fully saturated rings. The van der Waals surface area contributed by atoms with Gasteiger partial charge in [-0.3, -0.25) is 14.5 Å². The molecule has 0 spiro atoms. The number of hydrogen-bond acceptors (Lipinski definition) is 5. The zero-order chi connectivity index (χ0) is 21.8. The second kappa shape index (κ2) is 9.49. The van der Waals surface area contributed by atoms with Crippen LogP contribution < -0.4 is 5.32 Å². The monoisotopic (exact) mass is 441 g/mol. The van der Waals surface area contributed by atoms with Crippen LogP contribution in [0.3, 0.4) is 0 Å². The summed E-state index contributed by atoms with van der Waals surface area (Å²) in [4.78, 5) is 41.5. The third-order valence-corrected chi connectivity index (χ3v) is 5.88. The summed E-state index contributed by atoms with van der Waals surface area (Å²) in [6.45, 7) is 0.762. The fourth-order valence-corrected chi connectivity index (χ4v) is 4.17. The first-order valence-electron chi connectivity index (χ1n) is 10.3. The molecule has 2 saturated heterocycles. The van der Waals surface area contributed by atoms with Gasteiger partial charge >= 0.3 is 12.0 Å². The van der Waals surface area contributed by atoms with E-state index in [-0.39, 0.29) is 31.6 Å². The molecular weight excluding hydrogens is 418 g/mol. The fourth-order valence-electron chi connectivity index (χ4n) is 4.04. The van der Waals surface area contributed by atoms with Gasteiger partial charge in [0, 0.05) is 5.02 Å². The van der Waals surface area contributed by atoms with Gasteiger partial charge in [0.15, 0.2) is 0 Å². The number of piperidine rings is 1. The number of imide groups is 1. The summed E-state index contributed by atoms with van der Waals surface area (Å²) in [7, 11) is 0. The molecule has 3 amide bonds. The van der Waals surface area contributed by atoms with Crippen LogP contribution in [0.4, 0.5) is 4.79 Å². The van der Waals surface area contributed by atoms with E-state index in [1.54, 1.807) is 24.3 Å². The largest absolute Gasteiger partial charge is 0.459 e. The Morgan fingerprint density at radius 3 is 2.55 bits per heavy atom. The second-order valence-corrected chi connectivity index (χ2v) is 8.19. The van der Waals surface area contributed by atoms with Crippen molar-refractivity contribution in [3.05, 3.63) is 70.7 Å². The molecule has 2 atom stereocenters. The Hall–Kier alpha value is -2.90. The van der Waals surface area contributed by atoms with E-state index in [4.69, 9.17) is 16.3 Å². The van der Waals surface area contributed by atoms with Gasteiger partial charge in [0.25, 0.3) is 0 Å². The van der Waals surface area contributed by atoms with Gasteiger partial charge in [0.2, 0.25) is 5.91 Å². The van der Waals surface area contributed by atoms with Gasteiger partial charge in [0.1, 0.15) is 19.2 Å².